The highest BCUT2D eigenvalue weighted by atomic mass is 16.5. The third-order valence-corrected chi connectivity index (χ3v) is 5.58. The van der Waals surface area contributed by atoms with Gasteiger partial charge in [0.05, 0.1) is 18.6 Å². The second-order valence-corrected chi connectivity index (χ2v) is 7.77. The summed E-state index contributed by atoms with van der Waals surface area (Å²) in [6.45, 7) is 2.88. The predicted octanol–water partition coefficient (Wildman–Crippen LogP) is 6.44. The normalized spacial score (nSPS) is 20.6. The molecular formula is C22H42O3. The average molecular weight is 355 g/mol. The molecule has 0 N–H and O–H groups in total. The summed E-state index contributed by atoms with van der Waals surface area (Å²) in [5, 5.41) is 0. The molecule has 0 unspecified atom stereocenters. The van der Waals surface area contributed by atoms with Gasteiger partial charge in [-0.25, -0.2) is 0 Å². The minimum atomic E-state index is 0.0256. The molecule has 1 rings (SSSR count). The molecule has 1 fully saturated rings. The number of ether oxygens (including phenoxy) is 2. The smallest absolute Gasteiger partial charge is 0.308 e. The number of hydrogen-bond acceptors (Lipinski definition) is 3. The van der Waals surface area contributed by atoms with Gasteiger partial charge in [-0.05, 0) is 32.1 Å². The molecule has 0 saturated heterocycles. The quantitative estimate of drug-likeness (QED) is 0.251. The Morgan fingerprint density at radius 3 is 1.72 bits per heavy atom. The SMILES string of the molecule is CCCCCCCCCCCCCCOC(=O)C1CCC(OC)CC1. The van der Waals surface area contributed by atoms with Crippen LogP contribution in [0.15, 0.2) is 0 Å². The largest absolute Gasteiger partial charge is 0.465 e. The van der Waals surface area contributed by atoms with Crippen molar-refractivity contribution in [3.05, 3.63) is 0 Å². The lowest BCUT2D eigenvalue weighted by atomic mass is 9.87. The fourth-order valence-electron chi connectivity index (χ4n) is 3.77. The van der Waals surface area contributed by atoms with Crippen LogP contribution in [0.25, 0.3) is 0 Å². The Morgan fingerprint density at radius 1 is 0.760 bits per heavy atom. The van der Waals surface area contributed by atoms with Crippen LogP contribution in [-0.4, -0.2) is 25.8 Å². The lowest BCUT2D eigenvalue weighted by Gasteiger charge is -2.26. The number of hydrogen-bond donors (Lipinski definition) is 0. The Labute approximate surface area is 156 Å². The topological polar surface area (TPSA) is 35.5 Å². The molecule has 1 aliphatic carbocycles. The summed E-state index contributed by atoms with van der Waals surface area (Å²) in [5.41, 5.74) is 0. The van der Waals surface area contributed by atoms with Gasteiger partial charge in [-0.3, -0.25) is 4.79 Å². The molecule has 0 aliphatic heterocycles. The second-order valence-electron chi connectivity index (χ2n) is 7.77. The van der Waals surface area contributed by atoms with Crippen molar-refractivity contribution in [1.29, 1.82) is 0 Å². The van der Waals surface area contributed by atoms with Crippen LogP contribution >= 0.6 is 0 Å². The Bertz CT molecular complexity index is 308. The third-order valence-electron chi connectivity index (χ3n) is 5.58. The van der Waals surface area contributed by atoms with E-state index in [0.717, 1.165) is 32.1 Å². The van der Waals surface area contributed by atoms with E-state index in [1.54, 1.807) is 7.11 Å². The maximum absolute atomic E-state index is 12.0. The average Bonchev–Trinajstić information content (AvgIpc) is 2.65. The fraction of sp³-hybridized carbons (Fsp3) is 0.955. The lowest BCUT2D eigenvalue weighted by Crippen LogP contribution is -2.27. The van der Waals surface area contributed by atoms with E-state index in [1.807, 2.05) is 0 Å². The summed E-state index contributed by atoms with van der Waals surface area (Å²) in [5.74, 6) is 0.140. The van der Waals surface area contributed by atoms with Crippen LogP contribution in [0, 0.1) is 5.92 Å². The highest BCUT2D eigenvalue weighted by Gasteiger charge is 2.27. The van der Waals surface area contributed by atoms with Gasteiger partial charge in [-0.2, -0.15) is 0 Å². The van der Waals surface area contributed by atoms with Crippen LogP contribution in [0.4, 0.5) is 0 Å². The third kappa shape index (κ3) is 11.6. The van der Waals surface area contributed by atoms with Gasteiger partial charge in [-0.1, -0.05) is 77.6 Å². The first kappa shape index (κ1) is 22.5. The van der Waals surface area contributed by atoms with Crippen LogP contribution in [-0.2, 0) is 14.3 Å². The maximum Gasteiger partial charge on any atom is 0.308 e. The zero-order chi connectivity index (χ0) is 18.2. The Morgan fingerprint density at radius 2 is 1.24 bits per heavy atom. The van der Waals surface area contributed by atoms with E-state index in [9.17, 15) is 4.79 Å². The first-order valence-electron chi connectivity index (χ1n) is 11.0. The number of carbonyl (C=O) groups excluding carboxylic acids is 1. The highest BCUT2D eigenvalue weighted by Crippen LogP contribution is 2.26. The minimum absolute atomic E-state index is 0.0256. The highest BCUT2D eigenvalue weighted by molar-refractivity contribution is 5.72. The molecule has 3 nitrogen and oxygen atoms in total. The summed E-state index contributed by atoms with van der Waals surface area (Å²) in [6, 6.07) is 0. The molecule has 3 heteroatoms. The molecular weight excluding hydrogens is 312 g/mol. The van der Waals surface area contributed by atoms with Gasteiger partial charge in [0.1, 0.15) is 0 Å². The Hall–Kier alpha value is -0.570. The summed E-state index contributed by atoms with van der Waals surface area (Å²) < 4.78 is 10.8. The van der Waals surface area contributed by atoms with Gasteiger partial charge in [0.2, 0.25) is 0 Å². The lowest BCUT2D eigenvalue weighted by molar-refractivity contribution is -0.150. The Balaban J connectivity index is 1.82. The van der Waals surface area contributed by atoms with Gasteiger partial charge in [0.15, 0.2) is 0 Å². The molecule has 0 bridgehead atoms. The summed E-state index contributed by atoms with van der Waals surface area (Å²) in [7, 11) is 1.76. The van der Waals surface area contributed by atoms with Crippen molar-refractivity contribution < 1.29 is 14.3 Å². The zero-order valence-electron chi connectivity index (χ0n) is 16.9. The molecule has 1 aliphatic rings. The van der Waals surface area contributed by atoms with Crippen molar-refractivity contribution in [2.24, 2.45) is 5.92 Å². The molecule has 0 aromatic carbocycles. The van der Waals surface area contributed by atoms with Crippen molar-refractivity contribution in [2.45, 2.75) is 116 Å². The predicted molar refractivity (Wildman–Crippen MR) is 105 cm³/mol. The van der Waals surface area contributed by atoms with Gasteiger partial charge in [0, 0.05) is 7.11 Å². The molecule has 0 aromatic rings. The van der Waals surface area contributed by atoms with E-state index in [1.165, 1.54) is 70.6 Å². The standard InChI is InChI=1S/C22H42O3/c1-3-4-5-6-7-8-9-10-11-12-13-14-19-25-22(23)20-15-17-21(24-2)18-16-20/h20-21H,3-19H2,1-2H3. The second kappa shape index (κ2) is 15.7. The van der Waals surface area contributed by atoms with Gasteiger partial charge >= 0.3 is 5.97 Å². The van der Waals surface area contributed by atoms with Crippen molar-refractivity contribution in [2.75, 3.05) is 13.7 Å². The minimum Gasteiger partial charge on any atom is -0.465 e. The monoisotopic (exact) mass is 354 g/mol. The number of methoxy groups -OCH3 is 1. The summed E-state index contributed by atoms with van der Waals surface area (Å²) >= 11 is 0. The van der Waals surface area contributed by atoms with Crippen LogP contribution < -0.4 is 0 Å². The number of carbonyl (C=O) groups is 1. The molecule has 0 spiro atoms. The number of rotatable bonds is 15. The number of esters is 1. The van der Waals surface area contributed by atoms with E-state index in [0.29, 0.717) is 12.7 Å². The van der Waals surface area contributed by atoms with E-state index in [2.05, 4.69) is 6.92 Å². The fourth-order valence-corrected chi connectivity index (χ4v) is 3.77. The van der Waals surface area contributed by atoms with E-state index in [-0.39, 0.29) is 11.9 Å². The van der Waals surface area contributed by atoms with Crippen LogP contribution in [0.1, 0.15) is 110 Å². The molecule has 0 radical (unpaired) electrons. The van der Waals surface area contributed by atoms with Crippen molar-refractivity contribution >= 4 is 5.97 Å². The van der Waals surface area contributed by atoms with Crippen molar-refractivity contribution in [1.82, 2.24) is 0 Å². The molecule has 0 aromatic heterocycles. The maximum atomic E-state index is 12.0. The molecule has 148 valence electrons. The van der Waals surface area contributed by atoms with E-state index < -0.39 is 0 Å². The van der Waals surface area contributed by atoms with Crippen LogP contribution in [0.5, 0.6) is 0 Å². The van der Waals surface area contributed by atoms with Gasteiger partial charge in [0.25, 0.3) is 0 Å². The van der Waals surface area contributed by atoms with Crippen LogP contribution in [0.3, 0.4) is 0 Å². The van der Waals surface area contributed by atoms with Crippen molar-refractivity contribution in [3.63, 3.8) is 0 Å². The summed E-state index contributed by atoms with van der Waals surface area (Å²) in [6.07, 6.45) is 20.2. The molecule has 0 atom stereocenters. The molecule has 0 amide bonds. The van der Waals surface area contributed by atoms with Gasteiger partial charge < -0.3 is 9.47 Å². The molecule has 1 saturated carbocycles. The first-order valence-corrected chi connectivity index (χ1v) is 11.0. The van der Waals surface area contributed by atoms with E-state index in [4.69, 9.17) is 9.47 Å². The molecule has 25 heavy (non-hydrogen) atoms. The molecule has 0 heterocycles. The van der Waals surface area contributed by atoms with E-state index >= 15 is 0 Å². The Kier molecular flexibility index (Phi) is 14.1. The van der Waals surface area contributed by atoms with Gasteiger partial charge in [-0.15, -0.1) is 0 Å². The summed E-state index contributed by atoms with van der Waals surface area (Å²) in [4.78, 5) is 12.0. The first-order chi connectivity index (χ1) is 12.3. The number of unbranched alkanes of at least 4 members (excludes halogenated alkanes) is 11. The zero-order valence-corrected chi connectivity index (χ0v) is 16.9. The van der Waals surface area contributed by atoms with Crippen LogP contribution in [0.2, 0.25) is 0 Å². The van der Waals surface area contributed by atoms with Crippen molar-refractivity contribution in [3.8, 4) is 0 Å².